The van der Waals surface area contributed by atoms with Crippen LogP contribution in [0.2, 0.25) is 0 Å². The van der Waals surface area contributed by atoms with Crippen LogP contribution < -0.4 is 0 Å². The van der Waals surface area contributed by atoms with Crippen molar-refractivity contribution in [2.45, 2.75) is 56.7 Å². The van der Waals surface area contributed by atoms with Gasteiger partial charge in [-0.2, -0.15) is 0 Å². The van der Waals surface area contributed by atoms with Crippen LogP contribution >= 0.6 is 11.8 Å². The van der Waals surface area contributed by atoms with Crippen molar-refractivity contribution in [3.8, 4) is 0 Å². The van der Waals surface area contributed by atoms with Crippen LogP contribution in [0.4, 0.5) is 0 Å². The lowest BCUT2D eigenvalue weighted by Gasteiger charge is -2.08. The number of oxime groups is 1. The molecule has 9 heteroatoms. The highest BCUT2D eigenvalue weighted by Gasteiger charge is 2.21. The Morgan fingerprint density at radius 1 is 0.838 bits per heavy atom. The molecule has 0 spiro atoms. The fraction of sp³-hybridized carbons (Fsp3) is 0.321. The topological polar surface area (TPSA) is 108 Å². The Morgan fingerprint density at radius 2 is 1.38 bits per heavy atom. The van der Waals surface area contributed by atoms with Crippen molar-refractivity contribution in [1.29, 1.82) is 0 Å². The second-order valence-corrected chi connectivity index (χ2v) is 8.89. The summed E-state index contributed by atoms with van der Waals surface area (Å²) in [5, 5.41) is 3.75. The Hall–Kier alpha value is -3.72. The van der Waals surface area contributed by atoms with E-state index in [-0.39, 0.29) is 30.3 Å². The van der Waals surface area contributed by atoms with Gasteiger partial charge in [0.25, 0.3) is 0 Å². The lowest BCUT2D eigenvalue weighted by Crippen LogP contribution is -2.18. The quantitative estimate of drug-likeness (QED) is 0.0483. The van der Waals surface area contributed by atoms with Gasteiger partial charge in [-0.3, -0.25) is 4.79 Å². The molecule has 196 valence electrons. The minimum atomic E-state index is -0.732. The average Bonchev–Trinajstić information content (AvgIpc) is 2.88. The number of carbonyl (C=O) groups excluding carboxylic acids is 4. The summed E-state index contributed by atoms with van der Waals surface area (Å²) in [6, 6.07) is 14.4. The molecule has 0 unspecified atom stereocenters. The number of hydrogen-bond acceptors (Lipinski definition) is 9. The molecular weight excluding hydrogens is 494 g/mol. The summed E-state index contributed by atoms with van der Waals surface area (Å²) in [5.74, 6) is -2.32. The van der Waals surface area contributed by atoms with Crippen LogP contribution in [-0.4, -0.2) is 42.6 Å². The van der Waals surface area contributed by atoms with Crippen molar-refractivity contribution in [3.63, 3.8) is 0 Å². The highest BCUT2D eigenvalue weighted by atomic mass is 32.2. The molecular formula is C28H31NO7S. The Kier molecular flexibility index (Phi) is 12.3. The highest BCUT2D eigenvalue weighted by Crippen LogP contribution is 2.28. The zero-order valence-corrected chi connectivity index (χ0v) is 22.3. The number of ketones is 1. The van der Waals surface area contributed by atoms with Crippen LogP contribution in [0, 0.1) is 0 Å². The van der Waals surface area contributed by atoms with Crippen molar-refractivity contribution in [1.82, 2.24) is 0 Å². The molecule has 8 nitrogen and oxygen atoms in total. The first kappa shape index (κ1) is 29.5. The summed E-state index contributed by atoms with van der Waals surface area (Å²) >= 11 is 1.49. The first-order valence-corrected chi connectivity index (χ1v) is 12.8. The number of benzene rings is 2. The van der Waals surface area contributed by atoms with Gasteiger partial charge in [-0.25, -0.2) is 14.4 Å². The molecule has 2 aromatic rings. The van der Waals surface area contributed by atoms with Gasteiger partial charge in [-0.05, 0) is 74.7 Å². The Morgan fingerprint density at radius 3 is 1.86 bits per heavy atom. The van der Waals surface area contributed by atoms with E-state index in [4.69, 9.17) is 14.3 Å². The summed E-state index contributed by atoms with van der Waals surface area (Å²) in [4.78, 5) is 54.8. The lowest BCUT2D eigenvalue weighted by molar-refractivity contribution is -0.146. The maximum Gasteiger partial charge on any atom is 0.345 e. The van der Waals surface area contributed by atoms with E-state index < -0.39 is 17.9 Å². The van der Waals surface area contributed by atoms with Gasteiger partial charge in [0, 0.05) is 22.3 Å². The van der Waals surface area contributed by atoms with Gasteiger partial charge in [-0.1, -0.05) is 42.4 Å². The van der Waals surface area contributed by atoms with E-state index in [9.17, 15) is 19.2 Å². The lowest BCUT2D eigenvalue weighted by atomic mass is 10.0. The fourth-order valence-corrected chi connectivity index (χ4v) is 3.88. The van der Waals surface area contributed by atoms with Gasteiger partial charge in [0.05, 0.1) is 13.2 Å². The third-order valence-corrected chi connectivity index (χ3v) is 5.86. The molecule has 0 radical (unpaired) electrons. The molecule has 37 heavy (non-hydrogen) atoms. The zero-order valence-electron chi connectivity index (χ0n) is 21.4. The number of hydrogen-bond donors (Lipinski definition) is 0. The molecule has 0 N–H and O–H groups in total. The second-order valence-electron chi connectivity index (χ2n) is 7.75. The van der Waals surface area contributed by atoms with Gasteiger partial charge < -0.3 is 14.3 Å². The summed E-state index contributed by atoms with van der Waals surface area (Å²) in [6.07, 6.45) is 3.50. The van der Waals surface area contributed by atoms with Gasteiger partial charge in [0.15, 0.2) is 0 Å². The molecule has 2 rings (SSSR count). The molecule has 2 aromatic carbocycles. The van der Waals surface area contributed by atoms with Crippen LogP contribution in [0.15, 0.2) is 69.1 Å². The molecule has 0 saturated heterocycles. The van der Waals surface area contributed by atoms with E-state index in [0.717, 1.165) is 22.6 Å². The van der Waals surface area contributed by atoms with E-state index in [2.05, 4.69) is 5.16 Å². The molecule has 0 bridgehead atoms. The van der Waals surface area contributed by atoms with Gasteiger partial charge in [0.1, 0.15) is 11.3 Å². The Bertz CT molecular complexity index is 1130. The highest BCUT2D eigenvalue weighted by molar-refractivity contribution is 7.99. The molecule has 0 aliphatic carbocycles. The third kappa shape index (κ3) is 9.69. The van der Waals surface area contributed by atoms with Crippen molar-refractivity contribution < 1.29 is 33.5 Å². The SMILES string of the molecule is CCCC/C(=N\OC(C)=O)C(=O)c1ccc(Sc2ccc(C=C(C(=O)OCC)C(=O)OCC)cc2)cc1. The maximum absolute atomic E-state index is 12.8. The smallest absolute Gasteiger partial charge is 0.345 e. The second kappa shape index (κ2) is 15.4. The normalized spacial score (nSPS) is 10.9. The predicted octanol–water partition coefficient (Wildman–Crippen LogP) is 5.64. The number of unbranched alkanes of at least 4 members (excludes halogenated alkanes) is 1. The van der Waals surface area contributed by atoms with E-state index in [1.54, 1.807) is 38.1 Å². The molecule has 0 aromatic heterocycles. The molecule has 0 amide bonds. The molecule has 0 aliphatic rings. The summed E-state index contributed by atoms with van der Waals surface area (Å²) < 4.78 is 9.93. The van der Waals surface area contributed by atoms with Crippen LogP contribution in [-0.2, 0) is 28.7 Å². The number of carbonyl (C=O) groups is 4. The Balaban J connectivity index is 2.14. The zero-order chi connectivity index (χ0) is 27.2. The maximum atomic E-state index is 12.8. The number of nitrogens with zero attached hydrogens (tertiary/aromatic N) is 1. The standard InChI is InChI=1S/C28H31NO7S/c1-5-8-9-25(29-36-19(4)30)26(31)21-12-16-23(17-13-21)37-22-14-10-20(11-15-22)18-24(27(32)34-6-2)28(33)35-7-3/h10-18H,5-9H2,1-4H3/b29-25+. The van der Waals surface area contributed by atoms with Gasteiger partial charge in [-0.15, -0.1) is 0 Å². The van der Waals surface area contributed by atoms with Crippen molar-refractivity contribution >= 4 is 47.2 Å². The van der Waals surface area contributed by atoms with E-state index >= 15 is 0 Å². The van der Waals surface area contributed by atoms with Gasteiger partial charge in [0.2, 0.25) is 5.78 Å². The summed E-state index contributed by atoms with van der Waals surface area (Å²) in [6.45, 7) is 6.86. The molecule has 0 atom stereocenters. The van der Waals surface area contributed by atoms with Crippen molar-refractivity contribution in [3.05, 3.63) is 65.2 Å². The first-order chi connectivity index (χ1) is 17.8. The van der Waals surface area contributed by atoms with Crippen molar-refractivity contribution in [2.75, 3.05) is 13.2 Å². The molecule has 0 aliphatic heterocycles. The number of Topliss-reactive ketones (excluding diaryl/α,β-unsaturated/α-hetero) is 1. The van der Waals surface area contributed by atoms with Crippen LogP contribution in [0.5, 0.6) is 0 Å². The van der Waals surface area contributed by atoms with E-state index in [0.29, 0.717) is 17.5 Å². The predicted molar refractivity (Wildman–Crippen MR) is 141 cm³/mol. The van der Waals surface area contributed by atoms with E-state index in [1.807, 2.05) is 31.2 Å². The Labute approximate surface area is 221 Å². The van der Waals surface area contributed by atoms with Crippen LogP contribution in [0.25, 0.3) is 6.08 Å². The largest absolute Gasteiger partial charge is 0.462 e. The van der Waals surface area contributed by atoms with Crippen LogP contribution in [0.3, 0.4) is 0 Å². The van der Waals surface area contributed by atoms with Gasteiger partial charge >= 0.3 is 17.9 Å². The monoisotopic (exact) mass is 525 g/mol. The minimum Gasteiger partial charge on any atom is -0.462 e. The summed E-state index contributed by atoms with van der Waals surface area (Å²) in [7, 11) is 0. The minimum absolute atomic E-state index is 0.147. The first-order valence-electron chi connectivity index (χ1n) is 12.0. The van der Waals surface area contributed by atoms with Crippen molar-refractivity contribution in [2.24, 2.45) is 5.16 Å². The van der Waals surface area contributed by atoms with E-state index in [1.165, 1.54) is 24.8 Å². The number of rotatable bonds is 13. The molecule has 0 heterocycles. The third-order valence-electron chi connectivity index (χ3n) is 4.85. The fourth-order valence-electron chi connectivity index (χ4n) is 3.06. The molecule has 0 fully saturated rings. The number of ether oxygens (including phenoxy) is 2. The number of esters is 2. The summed E-state index contributed by atoms with van der Waals surface area (Å²) in [5.41, 5.74) is 1.15. The molecule has 0 saturated carbocycles. The average molecular weight is 526 g/mol. The van der Waals surface area contributed by atoms with Crippen LogP contribution in [0.1, 0.15) is 62.9 Å².